The van der Waals surface area contributed by atoms with Crippen LogP contribution in [-0.2, 0) is 10.9 Å². The zero-order valence-corrected chi connectivity index (χ0v) is 17.9. The van der Waals surface area contributed by atoms with Crippen LogP contribution >= 0.6 is 0 Å². The third kappa shape index (κ3) is 4.26. The van der Waals surface area contributed by atoms with Gasteiger partial charge in [0.1, 0.15) is 18.0 Å². The van der Waals surface area contributed by atoms with Crippen LogP contribution in [0, 0.1) is 0 Å². The molecule has 5 rings (SSSR count). The molecule has 1 aromatic carbocycles. The summed E-state index contributed by atoms with van der Waals surface area (Å²) in [7, 11) is 0. The van der Waals surface area contributed by atoms with Gasteiger partial charge in [-0.05, 0) is 43.5 Å². The van der Waals surface area contributed by atoms with E-state index in [4.69, 9.17) is 4.74 Å². The molecule has 1 saturated heterocycles. The highest BCUT2D eigenvalue weighted by Crippen LogP contribution is 2.40. The third-order valence-corrected chi connectivity index (χ3v) is 6.25. The lowest BCUT2D eigenvalue weighted by atomic mass is 10.0. The minimum Gasteiger partial charge on any atom is -0.378 e. The fraction of sp³-hybridized carbons (Fsp3) is 0.478. The highest BCUT2D eigenvalue weighted by Gasteiger charge is 2.36. The van der Waals surface area contributed by atoms with Crippen molar-refractivity contribution in [1.82, 2.24) is 14.9 Å². The van der Waals surface area contributed by atoms with Crippen molar-refractivity contribution >= 4 is 17.7 Å². The number of hydrogen-bond acceptors (Lipinski definition) is 6. The molecule has 1 saturated carbocycles. The van der Waals surface area contributed by atoms with Crippen molar-refractivity contribution < 1.29 is 17.9 Å². The maximum Gasteiger partial charge on any atom is 0.416 e. The van der Waals surface area contributed by atoms with Gasteiger partial charge in [0.15, 0.2) is 0 Å². The first-order chi connectivity index (χ1) is 15.4. The number of fused-ring (bicyclic) bond motifs is 1. The van der Waals surface area contributed by atoms with Crippen molar-refractivity contribution in [1.29, 1.82) is 0 Å². The molecule has 3 heterocycles. The Kier molecular flexibility index (Phi) is 5.44. The molecule has 1 N–H and O–H groups in total. The molecule has 1 aliphatic carbocycles. The number of morpholine rings is 1. The molecule has 1 atom stereocenters. The molecule has 0 unspecified atom stereocenters. The Hall–Kier alpha value is -2.81. The number of nitrogens with zero attached hydrogens (tertiary/aromatic N) is 4. The van der Waals surface area contributed by atoms with Crippen molar-refractivity contribution in [2.75, 3.05) is 43.1 Å². The van der Waals surface area contributed by atoms with Crippen LogP contribution in [0.5, 0.6) is 0 Å². The molecule has 2 fully saturated rings. The fourth-order valence-electron chi connectivity index (χ4n) is 4.33. The minimum absolute atomic E-state index is 0.354. The summed E-state index contributed by atoms with van der Waals surface area (Å²) in [5.41, 5.74) is 2.01. The van der Waals surface area contributed by atoms with Gasteiger partial charge in [0, 0.05) is 30.9 Å². The Morgan fingerprint density at radius 3 is 2.66 bits per heavy atom. The van der Waals surface area contributed by atoms with Crippen LogP contribution in [0.4, 0.5) is 24.8 Å². The number of alkyl halides is 3. The topological polar surface area (TPSA) is 53.5 Å². The fourth-order valence-corrected chi connectivity index (χ4v) is 4.33. The summed E-state index contributed by atoms with van der Waals surface area (Å²) in [6.07, 6.45) is 1.57. The van der Waals surface area contributed by atoms with Crippen molar-refractivity contribution in [3.05, 3.63) is 53.0 Å². The number of halogens is 3. The summed E-state index contributed by atoms with van der Waals surface area (Å²) >= 11 is 0. The lowest BCUT2D eigenvalue weighted by Gasteiger charge is -2.38. The Morgan fingerprint density at radius 2 is 1.94 bits per heavy atom. The highest BCUT2D eigenvalue weighted by atomic mass is 19.4. The number of rotatable bonds is 5. The van der Waals surface area contributed by atoms with Gasteiger partial charge in [-0.3, -0.25) is 0 Å². The lowest BCUT2D eigenvalue weighted by Crippen LogP contribution is -2.42. The number of benzene rings is 1. The first-order valence-corrected chi connectivity index (χ1v) is 11.0. The van der Waals surface area contributed by atoms with Gasteiger partial charge < -0.3 is 19.9 Å². The van der Waals surface area contributed by atoms with Crippen LogP contribution < -0.4 is 10.2 Å². The molecule has 1 aromatic heterocycles. The van der Waals surface area contributed by atoms with Crippen molar-refractivity contribution in [3.63, 3.8) is 0 Å². The SMILES string of the molecule is C[C@@H](Nc1ncnc2c1C=C(N1CCOCC1)CN2C1CC1)c1cccc(C(F)(F)F)c1. The van der Waals surface area contributed by atoms with Crippen LogP contribution in [0.2, 0.25) is 0 Å². The number of nitrogens with one attached hydrogen (secondary N) is 1. The molecule has 0 bridgehead atoms. The van der Waals surface area contributed by atoms with Crippen molar-refractivity contribution in [2.24, 2.45) is 0 Å². The number of aromatic nitrogens is 2. The van der Waals surface area contributed by atoms with Gasteiger partial charge in [-0.2, -0.15) is 13.2 Å². The van der Waals surface area contributed by atoms with Gasteiger partial charge in [-0.15, -0.1) is 0 Å². The Balaban J connectivity index is 1.46. The highest BCUT2D eigenvalue weighted by molar-refractivity contribution is 5.78. The standard InChI is InChI=1S/C23H26F3N5O/c1-15(16-3-2-4-17(11-16)23(24,25)26)29-21-20-12-19(30-7-9-32-10-8-30)13-31(18-5-6-18)22(20)28-14-27-21/h2-4,11-12,14-15,18H,5-10,13H2,1H3,(H,27,28,29)/t15-/m1/s1. The molecule has 2 aromatic rings. The second-order valence-corrected chi connectivity index (χ2v) is 8.54. The van der Waals surface area contributed by atoms with E-state index in [2.05, 4.69) is 31.2 Å². The van der Waals surface area contributed by atoms with Crippen LogP contribution in [-0.4, -0.2) is 53.8 Å². The molecule has 9 heteroatoms. The van der Waals surface area contributed by atoms with Crippen LogP contribution in [0.1, 0.15) is 42.5 Å². The van der Waals surface area contributed by atoms with Crippen LogP contribution in [0.25, 0.3) is 6.08 Å². The summed E-state index contributed by atoms with van der Waals surface area (Å²) < 4.78 is 45.0. The zero-order chi connectivity index (χ0) is 22.3. The monoisotopic (exact) mass is 445 g/mol. The molecule has 6 nitrogen and oxygen atoms in total. The van der Waals surface area contributed by atoms with Crippen molar-refractivity contribution in [2.45, 2.75) is 38.0 Å². The van der Waals surface area contributed by atoms with E-state index in [-0.39, 0.29) is 6.04 Å². The largest absolute Gasteiger partial charge is 0.416 e. The Labute approximate surface area is 185 Å². The molecular formula is C23H26F3N5O. The smallest absolute Gasteiger partial charge is 0.378 e. The number of anilines is 2. The second kappa shape index (κ2) is 8.27. The molecule has 2 aliphatic heterocycles. The molecule has 0 spiro atoms. The summed E-state index contributed by atoms with van der Waals surface area (Å²) in [4.78, 5) is 13.7. The quantitative estimate of drug-likeness (QED) is 0.740. The second-order valence-electron chi connectivity index (χ2n) is 8.54. The average Bonchev–Trinajstić information content (AvgIpc) is 3.64. The maximum atomic E-state index is 13.2. The first kappa shape index (κ1) is 21.1. The van der Waals surface area contributed by atoms with E-state index >= 15 is 0 Å². The van der Waals surface area contributed by atoms with Crippen LogP contribution in [0.3, 0.4) is 0 Å². The van der Waals surface area contributed by atoms with Gasteiger partial charge in [0.2, 0.25) is 0 Å². The predicted molar refractivity (Wildman–Crippen MR) is 116 cm³/mol. The van der Waals surface area contributed by atoms with E-state index in [1.54, 1.807) is 6.07 Å². The summed E-state index contributed by atoms with van der Waals surface area (Å²) in [5.74, 6) is 1.52. The van der Waals surface area contributed by atoms with Gasteiger partial charge in [-0.25, -0.2) is 9.97 Å². The predicted octanol–water partition coefficient (Wildman–Crippen LogP) is 4.32. The van der Waals surface area contributed by atoms with E-state index in [0.717, 1.165) is 49.9 Å². The van der Waals surface area contributed by atoms with Gasteiger partial charge in [0.05, 0.1) is 30.9 Å². The molecule has 170 valence electrons. The zero-order valence-electron chi connectivity index (χ0n) is 17.9. The van der Waals surface area contributed by atoms with E-state index in [1.807, 2.05) is 6.92 Å². The third-order valence-electron chi connectivity index (χ3n) is 6.25. The maximum absolute atomic E-state index is 13.2. The van der Waals surface area contributed by atoms with E-state index in [0.29, 0.717) is 30.6 Å². The molecule has 0 amide bonds. The molecule has 0 radical (unpaired) electrons. The first-order valence-electron chi connectivity index (χ1n) is 11.0. The van der Waals surface area contributed by atoms with Gasteiger partial charge >= 0.3 is 6.18 Å². The molecule has 3 aliphatic rings. The molecule has 32 heavy (non-hydrogen) atoms. The van der Waals surface area contributed by atoms with E-state index in [1.165, 1.54) is 24.2 Å². The lowest BCUT2D eigenvalue weighted by molar-refractivity contribution is -0.137. The minimum atomic E-state index is -4.37. The summed E-state index contributed by atoms with van der Waals surface area (Å²) in [6.45, 7) is 5.75. The average molecular weight is 445 g/mol. The molecular weight excluding hydrogens is 419 g/mol. The Morgan fingerprint density at radius 1 is 1.16 bits per heavy atom. The van der Waals surface area contributed by atoms with E-state index < -0.39 is 11.7 Å². The number of hydrogen-bond donors (Lipinski definition) is 1. The normalized spacial score (nSPS) is 19.9. The Bertz CT molecular complexity index is 1010. The van der Waals surface area contributed by atoms with Gasteiger partial charge in [-0.1, -0.05) is 12.1 Å². The van der Waals surface area contributed by atoms with Crippen molar-refractivity contribution in [3.8, 4) is 0 Å². The number of ether oxygens (including phenoxy) is 1. The van der Waals surface area contributed by atoms with Gasteiger partial charge in [0.25, 0.3) is 0 Å². The van der Waals surface area contributed by atoms with Crippen LogP contribution in [0.15, 0.2) is 36.3 Å². The summed E-state index contributed by atoms with van der Waals surface area (Å²) in [5, 5.41) is 3.34. The van der Waals surface area contributed by atoms with E-state index in [9.17, 15) is 13.2 Å². The summed E-state index contributed by atoms with van der Waals surface area (Å²) in [6, 6.07) is 5.54.